The molecule has 5 N–H and O–H groups in total. The van der Waals surface area contributed by atoms with Crippen LogP contribution in [0.2, 0.25) is 0 Å². The lowest BCUT2D eigenvalue weighted by Crippen LogP contribution is -2.43. The first-order chi connectivity index (χ1) is 14.1. The van der Waals surface area contributed by atoms with Gasteiger partial charge in [0.2, 0.25) is 0 Å². The van der Waals surface area contributed by atoms with Crippen LogP contribution in [0.25, 0.3) is 0 Å². The zero-order chi connectivity index (χ0) is 25.0. The second-order valence-electron chi connectivity index (χ2n) is 7.69. The first kappa shape index (κ1) is 32.9. The Morgan fingerprint density at radius 2 is 0.935 bits per heavy atom. The van der Waals surface area contributed by atoms with Gasteiger partial charge in [-0.25, -0.2) is 0 Å². The van der Waals surface area contributed by atoms with Crippen molar-refractivity contribution in [2.45, 2.75) is 63.9 Å². The zero-order valence-corrected chi connectivity index (χ0v) is 18.3. The number of likely N-dealkylation sites (N-methyl/N-ethyl adjacent to an activating group) is 1. The molecule has 182 valence electrons. The van der Waals surface area contributed by atoms with Gasteiger partial charge in [0, 0.05) is 38.1 Å². The SMILES string of the molecule is C[N+](C)(C)C[C@H](O)CC(=O)[O-].O=C(O)CCCCC(=O)O.O=C(O)CCCCC(=O)O. The van der Waals surface area contributed by atoms with Crippen molar-refractivity contribution in [2.75, 3.05) is 27.7 Å². The Kier molecular flexibility index (Phi) is 20.4. The van der Waals surface area contributed by atoms with Gasteiger partial charge in [-0.05, 0) is 25.7 Å². The predicted octanol–water partition coefficient (Wildman–Crippen LogP) is -0.374. The monoisotopic (exact) mass is 453 g/mol. The predicted molar refractivity (Wildman–Crippen MR) is 106 cm³/mol. The van der Waals surface area contributed by atoms with Crippen LogP contribution in [0.4, 0.5) is 0 Å². The summed E-state index contributed by atoms with van der Waals surface area (Å²) in [5.74, 6) is -4.68. The van der Waals surface area contributed by atoms with Crippen LogP contribution in [0.5, 0.6) is 0 Å². The number of aliphatic carboxylic acids is 5. The summed E-state index contributed by atoms with van der Waals surface area (Å²) in [7, 11) is 5.66. The van der Waals surface area contributed by atoms with Gasteiger partial charge >= 0.3 is 23.9 Å². The summed E-state index contributed by atoms with van der Waals surface area (Å²) in [6.45, 7) is 0.425. The number of carbonyl (C=O) groups is 5. The van der Waals surface area contributed by atoms with Gasteiger partial charge < -0.3 is 39.9 Å². The Labute approximate surface area is 181 Å². The quantitative estimate of drug-likeness (QED) is 0.169. The van der Waals surface area contributed by atoms with Crippen LogP contribution < -0.4 is 5.11 Å². The van der Waals surface area contributed by atoms with Gasteiger partial charge in [-0.2, -0.15) is 0 Å². The molecule has 0 aromatic rings. The summed E-state index contributed by atoms with van der Waals surface area (Å²) in [5, 5.41) is 51.7. The summed E-state index contributed by atoms with van der Waals surface area (Å²) in [6.07, 6.45) is 0.948. The highest BCUT2D eigenvalue weighted by Gasteiger charge is 2.14. The smallest absolute Gasteiger partial charge is 0.303 e. The van der Waals surface area contributed by atoms with Crippen molar-refractivity contribution in [3.63, 3.8) is 0 Å². The molecule has 0 rings (SSSR count). The fourth-order valence-corrected chi connectivity index (χ4v) is 1.99. The van der Waals surface area contributed by atoms with E-state index in [2.05, 4.69) is 0 Å². The molecule has 0 aliphatic rings. The van der Waals surface area contributed by atoms with Gasteiger partial charge in [0.1, 0.15) is 12.6 Å². The van der Waals surface area contributed by atoms with Crippen LogP contribution in [0.3, 0.4) is 0 Å². The minimum absolute atomic E-state index is 0.0628. The summed E-state index contributed by atoms with van der Waals surface area (Å²) in [4.78, 5) is 49.6. The zero-order valence-electron chi connectivity index (χ0n) is 18.3. The maximum absolute atomic E-state index is 10.0. The molecular formula is C19H35NO11. The van der Waals surface area contributed by atoms with Crippen molar-refractivity contribution in [3.05, 3.63) is 0 Å². The fraction of sp³-hybridized carbons (Fsp3) is 0.737. The third-order valence-corrected chi connectivity index (χ3v) is 3.22. The van der Waals surface area contributed by atoms with E-state index >= 15 is 0 Å². The van der Waals surface area contributed by atoms with E-state index in [9.17, 15) is 29.1 Å². The van der Waals surface area contributed by atoms with Crippen molar-refractivity contribution in [1.82, 2.24) is 0 Å². The Balaban J connectivity index is -0.000000380. The summed E-state index contributed by atoms with van der Waals surface area (Å²) >= 11 is 0. The summed E-state index contributed by atoms with van der Waals surface area (Å²) in [6, 6.07) is 0. The summed E-state index contributed by atoms with van der Waals surface area (Å²) < 4.78 is 0.550. The van der Waals surface area contributed by atoms with Gasteiger partial charge in [-0.1, -0.05) is 0 Å². The van der Waals surface area contributed by atoms with Crippen LogP contribution in [0, 0.1) is 0 Å². The lowest BCUT2D eigenvalue weighted by Gasteiger charge is -2.26. The molecule has 31 heavy (non-hydrogen) atoms. The van der Waals surface area contributed by atoms with E-state index in [4.69, 9.17) is 25.5 Å². The van der Waals surface area contributed by atoms with Gasteiger partial charge in [-0.15, -0.1) is 0 Å². The molecule has 0 saturated heterocycles. The standard InChI is InChI=1S/C7H15NO3.2C6H10O4/c1-8(2,3)5-6(9)4-7(10)11;2*7-5(8)3-1-2-4-6(9)10/h6,9H,4-5H2,1-3H3;2*1-4H2,(H,7,8)(H,9,10)/t6-;;/m1../s1. The number of nitrogens with zero attached hydrogens (tertiary/aromatic N) is 1. The minimum atomic E-state index is -1.20. The molecule has 12 nitrogen and oxygen atoms in total. The first-order valence-corrected chi connectivity index (χ1v) is 9.62. The molecule has 0 aromatic heterocycles. The molecule has 0 spiro atoms. The van der Waals surface area contributed by atoms with Crippen molar-refractivity contribution >= 4 is 29.8 Å². The Bertz CT molecular complexity index is 492. The number of carboxylic acid groups (broad SMARTS) is 5. The van der Waals surface area contributed by atoms with Crippen LogP contribution in [-0.4, -0.2) is 93.7 Å². The number of hydrogen-bond donors (Lipinski definition) is 5. The molecule has 0 radical (unpaired) electrons. The number of aliphatic hydroxyl groups is 1. The number of hydrogen-bond acceptors (Lipinski definition) is 7. The largest absolute Gasteiger partial charge is 0.550 e. The van der Waals surface area contributed by atoms with Gasteiger partial charge in [0.25, 0.3) is 0 Å². The number of aliphatic hydroxyl groups excluding tert-OH is 1. The van der Waals surface area contributed by atoms with Crippen LogP contribution in [-0.2, 0) is 24.0 Å². The van der Waals surface area contributed by atoms with E-state index in [1.165, 1.54) is 0 Å². The van der Waals surface area contributed by atoms with Crippen molar-refractivity contribution in [2.24, 2.45) is 0 Å². The lowest BCUT2D eigenvalue weighted by atomic mass is 10.2. The molecule has 0 amide bonds. The maximum Gasteiger partial charge on any atom is 0.303 e. The van der Waals surface area contributed by atoms with Crippen molar-refractivity contribution < 1.29 is 59.1 Å². The van der Waals surface area contributed by atoms with Gasteiger partial charge in [0.15, 0.2) is 0 Å². The fourth-order valence-electron chi connectivity index (χ4n) is 1.99. The second-order valence-corrected chi connectivity index (χ2v) is 7.69. The summed E-state index contributed by atoms with van der Waals surface area (Å²) in [5.41, 5.74) is 0. The molecular weight excluding hydrogens is 418 g/mol. The molecule has 12 heteroatoms. The van der Waals surface area contributed by atoms with Crippen LogP contribution >= 0.6 is 0 Å². The second kappa shape index (κ2) is 19.2. The molecule has 0 aliphatic heterocycles. The average molecular weight is 453 g/mol. The van der Waals surface area contributed by atoms with E-state index in [0.717, 1.165) is 0 Å². The Morgan fingerprint density at radius 1 is 0.677 bits per heavy atom. The van der Waals surface area contributed by atoms with Crippen LogP contribution in [0.1, 0.15) is 57.8 Å². The van der Waals surface area contributed by atoms with E-state index in [1.807, 2.05) is 21.1 Å². The van der Waals surface area contributed by atoms with Gasteiger partial charge in [0.05, 0.1) is 21.1 Å². The number of carbonyl (C=O) groups excluding carboxylic acids is 1. The highest BCUT2D eigenvalue weighted by molar-refractivity contribution is 5.68. The molecule has 0 unspecified atom stereocenters. The topological polar surface area (TPSA) is 210 Å². The van der Waals surface area contributed by atoms with E-state index < -0.39 is 36.0 Å². The molecule has 0 heterocycles. The molecule has 0 fully saturated rings. The van der Waals surface area contributed by atoms with E-state index in [1.54, 1.807) is 0 Å². The molecule has 1 atom stereocenters. The highest BCUT2D eigenvalue weighted by Crippen LogP contribution is 2.00. The van der Waals surface area contributed by atoms with E-state index in [-0.39, 0.29) is 32.1 Å². The van der Waals surface area contributed by atoms with Crippen molar-refractivity contribution in [3.8, 4) is 0 Å². The maximum atomic E-state index is 10.0. The van der Waals surface area contributed by atoms with Crippen molar-refractivity contribution in [1.29, 1.82) is 0 Å². The van der Waals surface area contributed by atoms with Gasteiger partial charge in [-0.3, -0.25) is 19.2 Å². The molecule has 0 saturated carbocycles. The molecule has 0 aromatic carbocycles. The highest BCUT2D eigenvalue weighted by atomic mass is 16.4. The third kappa shape index (κ3) is 42.4. The van der Waals surface area contributed by atoms with Crippen LogP contribution in [0.15, 0.2) is 0 Å². The minimum Gasteiger partial charge on any atom is -0.550 e. The Morgan fingerprint density at radius 3 is 1.10 bits per heavy atom. The number of carboxylic acids is 5. The Hall–Kier alpha value is -2.73. The molecule has 0 aliphatic carbocycles. The molecule has 0 bridgehead atoms. The van der Waals surface area contributed by atoms with E-state index in [0.29, 0.717) is 36.7 Å². The number of quaternary nitrogens is 1. The number of rotatable bonds is 14. The first-order valence-electron chi connectivity index (χ1n) is 9.62. The number of unbranched alkanes of at least 4 members (excludes halogenated alkanes) is 2. The normalized spacial score (nSPS) is 11.1. The average Bonchev–Trinajstić information content (AvgIpc) is 2.53. The third-order valence-electron chi connectivity index (χ3n) is 3.22. The lowest BCUT2D eigenvalue weighted by molar-refractivity contribution is -0.873.